The molecule has 4 heteroatoms. The van der Waals surface area contributed by atoms with Gasteiger partial charge < -0.3 is 9.29 Å². The molecule has 1 aromatic rings. The minimum absolute atomic E-state index is 0.215. The molecule has 0 heterocycles. The second-order valence-corrected chi connectivity index (χ2v) is 3.37. The first-order valence-electron chi connectivity index (χ1n) is 3.96. The Bertz CT molecular complexity index is 390. The van der Waals surface area contributed by atoms with E-state index in [-0.39, 0.29) is 11.5 Å². The standard InChI is InChI=1S/C10H10O3S/c1-2-3-7-13-9-5-4-6-10(8-9)14(11)12/h4-6,8H,7H2,1H3,(H,11,12)/p-1. The highest BCUT2D eigenvalue weighted by molar-refractivity contribution is 7.79. The second kappa shape index (κ2) is 5.43. The first-order valence-corrected chi connectivity index (χ1v) is 5.03. The summed E-state index contributed by atoms with van der Waals surface area (Å²) >= 11 is -2.21. The molecule has 0 aromatic heterocycles. The molecule has 0 aliphatic rings. The van der Waals surface area contributed by atoms with Gasteiger partial charge in [0.15, 0.2) is 0 Å². The number of benzene rings is 1. The molecule has 14 heavy (non-hydrogen) atoms. The summed E-state index contributed by atoms with van der Waals surface area (Å²) in [7, 11) is 0. The average Bonchev–Trinajstić information content (AvgIpc) is 2.19. The lowest BCUT2D eigenvalue weighted by Crippen LogP contribution is -1.95. The van der Waals surface area contributed by atoms with E-state index >= 15 is 0 Å². The Morgan fingerprint density at radius 1 is 1.57 bits per heavy atom. The lowest BCUT2D eigenvalue weighted by atomic mass is 10.3. The maximum atomic E-state index is 10.6. The highest BCUT2D eigenvalue weighted by Crippen LogP contribution is 2.14. The predicted molar refractivity (Wildman–Crippen MR) is 52.6 cm³/mol. The van der Waals surface area contributed by atoms with Crippen molar-refractivity contribution in [2.75, 3.05) is 6.61 Å². The maximum Gasteiger partial charge on any atom is 0.149 e. The van der Waals surface area contributed by atoms with Crippen LogP contribution in [0.1, 0.15) is 6.92 Å². The molecule has 1 atom stereocenters. The zero-order chi connectivity index (χ0) is 10.4. The van der Waals surface area contributed by atoms with Gasteiger partial charge in [0, 0.05) is 4.90 Å². The van der Waals surface area contributed by atoms with Crippen molar-refractivity contribution in [2.24, 2.45) is 0 Å². The van der Waals surface area contributed by atoms with Gasteiger partial charge in [-0.05, 0) is 36.2 Å². The van der Waals surface area contributed by atoms with E-state index in [2.05, 4.69) is 11.8 Å². The first kappa shape index (κ1) is 10.8. The van der Waals surface area contributed by atoms with Crippen molar-refractivity contribution in [3.8, 4) is 17.6 Å². The summed E-state index contributed by atoms with van der Waals surface area (Å²) in [4.78, 5) is 0.215. The molecule has 0 fully saturated rings. The summed E-state index contributed by atoms with van der Waals surface area (Å²) in [5.41, 5.74) is 0. The van der Waals surface area contributed by atoms with Crippen LogP contribution in [-0.2, 0) is 11.1 Å². The minimum atomic E-state index is -2.21. The molecule has 1 rings (SSSR count). The van der Waals surface area contributed by atoms with Gasteiger partial charge in [0.1, 0.15) is 12.4 Å². The molecular formula is C10H9O3S-. The van der Waals surface area contributed by atoms with E-state index < -0.39 is 11.1 Å². The van der Waals surface area contributed by atoms with Gasteiger partial charge in [0.25, 0.3) is 0 Å². The highest BCUT2D eigenvalue weighted by Gasteiger charge is 1.95. The van der Waals surface area contributed by atoms with E-state index in [1.165, 1.54) is 12.1 Å². The summed E-state index contributed by atoms with van der Waals surface area (Å²) in [5.74, 6) is 5.91. The minimum Gasteiger partial charge on any atom is -0.768 e. The molecular weight excluding hydrogens is 200 g/mol. The smallest absolute Gasteiger partial charge is 0.149 e. The Morgan fingerprint density at radius 2 is 2.36 bits per heavy atom. The van der Waals surface area contributed by atoms with Crippen LogP contribution in [0.2, 0.25) is 0 Å². The molecule has 0 amide bonds. The lowest BCUT2D eigenvalue weighted by molar-refractivity contribution is 0.369. The van der Waals surface area contributed by atoms with Crippen molar-refractivity contribution in [3.05, 3.63) is 24.3 Å². The molecule has 0 saturated carbocycles. The van der Waals surface area contributed by atoms with Crippen LogP contribution >= 0.6 is 0 Å². The zero-order valence-corrected chi connectivity index (χ0v) is 8.47. The van der Waals surface area contributed by atoms with Crippen LogP contribution in [-0.4, -0.2) is 15.4 Å². The van der Waals surface area contributed by atoms with Crippen molar-refractivity contribution < 1.29 is 13.5 Å². The molecule has 0 N–H and O–H groups in total. The zero-order valence-electron chi connectivity index (χ0n) is 7.65. The van der Waals surface area contributed by atoms with E-state index in [9.17, 15) is 8.76 Å². The molecule has 3 nitrogen and oxygen atoms in total. The van der Waals surface area contributed by atoms with Crippen LogP contribution in [0.3, 0.4) is 0 Å². The van der Waals surface area contributed by atoms with Crippen LogP contribution in [0, 0.1) is 11.8 Å². The SMILES string of the molecule is CC#CCOc1cccc(S(=O)[O-])c1. The molecule has 0 aliphatic carbocycles. The molecule has 0 bridgehead atoms. The Kier molecular flexibility index (Phi) is 4.17. The Labute approximate surface area is 85.4 Å². The molecule has 0 radical (unpaired) electrons. The Balaban J connectivity index is 2.71. The molecule has 0 saturated heterocycles. The van der Waals surface area contributed by atoms with Crippen LogP contribution in [0.25, 0.3) is 0 Å². The van der Waals surface area contributed by atoms with Gasteiger partial charge in [0.2, 0.25) is 0 Å². The van der Waals surface area contributed by atoms with E-state index in [1.54, 1.807) is 19.1 Å². The Morgan fingerprint density at radius 3 is 3.00 bits per heavy atom. The van der Waals surface area contributed by atoms with Gasteiger partial charge in [0.05, 0.1) is 0 Å². The normalized spacial score (nSPS) is 11.3. The maximum absolute atomic E-state index is 10.6. The van der Waals surface area contributed by atoms with Crippen LogP contribution in [0.5, 0.6) is 5.75 Å². The number of hydrogen-bond donors (Lipinski definition) is 0. The summed E-state index contributed by atoms with van der Waals surface area (Å²) in [6, 6.07) is 6.27. The summed E-state index contributed by atoms with van der Waals surface area (Å²) in [6.07, 6.45) is 0. The van der Waals surface area contributed by atoms with Gasteiger partial charge in [-0.3, -0.25) is 4.21 Å². The fourth-order valence-electron chi connectivity index (χ4n) is 0.859. The summed E-state index contributed by atoms with van der Waals surface area (Å²) < 4.78 is 26.4. The molecule has 0 spiro atoms. The monoisotopic (exact) mass is 209 g/mol. The van der Waals surface area contributed by atoms with Crippen molar-refractivity contribution in [3.63, 3.8) is 0 Å². The Hall–Kier alpha value is -1.31. The van der Waals surface area contributed by atoms with Crippen molar-refractivity contribution in [1.29, 1.82) is 0 Å². The summed E-state index contributed by atoms with van der Waals surface area (Å²) in [6.45, 7) is 1.98. The lowest BCUT2D eigenvalue weighted by Gasteiger charge is -2.07. The van der Waals surface area contributed by atoms with Crippen molar-refractivity contribution >= 4 is 11.1 Å². The third-order valence-corrected chi connectivity index (χ3v) is 2.12. The fraction of sp³-hybridized carbons (Fsp3) is 0.200. The van der Waals surface area contributed by atoms with Gasteiger partial charge in [-0.25, -0.2) is 0 Å². The van der Waals surface area contributed by atoms with E-state index in [0.29, 0.717) is 5.75 Å². The highest BCUT2D eigenvalue weighted by atomic mass is 32.2. The largest absolute Gasteiger partial charge is 0.768 e. The molecule has 74 valence electrons. The van der Waals surface area contributed by atoms with Gasteiger partial charge in [-0.2, -0.15) is 0 Å². The molecule has 1 aromatic carbocycles. The van der Waals surface area contributed by atoms with Crippen molar-refractivity contribution in [2.45, 2.75) is 11.8 Å². The van der Waals surface area contributed by atoms with E-state index in [4.69, 9.17) is 4.74 Å². The number of hydrogen-bond acceptors (Lipinski definition) is 3. The third kappa shape index (κ3) is 3.21. The van der Waals surface area contributed by atoms with Gasteiger partial charge in [-0.1, -0.05) is 12.0 Å². The van der Waals surface area contributed by atoms with E-state index in [1.807, 2.05) is 0 Å². The van der Waals surface area contributed by atoms with Gasteiger partial charge in [-0.15, -0.1) is 5.92 Å². The molecule has 0 aliphatic heterocycles. The molecule has 1 unspecified atom stereocenters. The fourth-order valence-corrected chi connectivity index (χ4v) is 1.26. The van der Waals surface area contributed by atoms with Crippen LogP contribution < -0.4 is 4.74 Å². The van der Waals surface area contributed by atoms with Gasteiger partial charge >= 0.3 is 0 Å². The quantitative estimate of drug-likeness (QED) is 0.557. The predicted octanol–water partition coefficient (Wildman–Crippen LogP) is 1.33. The van der Waals surface area contributed by atoms with Crippen molar-refractivity contribution in [1.82, 2.24) is 0 Å². The second-order valence-electron chi connectivity index (χ2n) is 2.43. The average molecular weight is 209 g/mol. The first-order chi connectivity index (χ1) is 6.74. The van der Waals surface area contributed by atoms with Crippen LogP contribution in [0.4, 0.5) is 0 Å². The number of ether oxygens (including phenoxy) is 1. The third-order valence-electron chi connectivity index (χ3n) is 1.49. The van der Waals surface area contributed by atoms with E-state index in [0.717, 1.165) is 0 Å². The summed E-state index contributed by atoms with van der Waals surface area (Å²) in [5, 5.41) is 0. The topological polar surface area (TPSA) is 49.4 Å². The number of rotatable bonds is 3. The van der Waals surface area contributed by atoms with Crippen LogP contribution in [0.15, 0.2) is 29.2 Å².